The van der Waals surface area contributed by atoms with E-state index in [2.05, 4.69) is 19.2 Å². The Morgan fingerprint density at radius 1 is 1.33 bits per heavy atom. The van der Waals surface area contributed by atoms with Crippen molar-refractivity contribution in [1.29, 1.82) is 0 Å². The van der Waals surface area contributed by atoms with Crippen molar-refractivity contribution in [3.8, 4) is 0 Å². The summed E-state index contributed by atoms with van der Waals surface area (Å²) in [5, 5.41) is 3.29. The van der Waals surface area contributed by atoms with Crippen LogP contribution in [0, 0.1) is 5.82 Å². The van der Waals surface area contributed by atoms with Gasteiger partial charge in [0.2, 0.25) is 0 Å². The summed E-state index contributed by atoms with van der Waals surface area (Å²) in [7, 11) is -1.20. The molecule has 0 spiro atoms. The monoisotopic (exact) mass is 316 g/mol. The van der Waals surface area contributed by atoms with Gasteiger partial charge in [0.15, 0.2) is 0 Å². The SMILES string of the molecule is CC(C)NCc1ccc(F)c(CN(C)CCS(C)(=O)=O)c1. The quantitative estimate of drug-likeness (QED) is 0.794. The third-order valence-corrected chi connectivity index (χ3v) is 4.03. The Bertz CT molecular complexity index is 559. The standard InChI is InChI=1S/C15H25FN2O2S/c1-12(2)17-10-13-5-6-15(16)14(9-13)11-18(3)7-8-21(4,19)20/h5-6,9,12,17H,7-8,10-11H2,1-4H3. The van der Waals surface area contributed by atoms with Crippen LogP contribution in [-0.2, 0) is 22.9 Å². The molecule has 0 bridgehead atoms. The molecule has 1 N–H and O–H groups in total. The molecule has 0 aliphatic rings. The van der Waals surface area contributed by atoms with E-state index in [0.29, 0.717) is 31.2 Å². The molecule has 1 aromatic carbocycles. The zero-order chi connectivity index (χ0) is 16.0. The van der Waals surface area contributed by atoms with Gasteiger partial charge in [-0.25, -0.2) is 12.8 Å². The summed E-state index contributed by atoms with van der Waals surface area (Å²) in [5.41, 5.74) is 1.62. The second-order valence-corrected chi connectivity index (χ2v) is 8.09. The molecule has 0 heterocycles. The Hall–Kier alpha value is -0.980. The van der Waals surface area contributed by atoms with E-state index in [9.17, 15) is 12.8 Å². The number of halogens is 1. The number of nitrogens with one attached hydrogen (secondary N) is 1. The maximum Gasteiger partial charge on any atom is 0.148 e. The van der Waals surface area contributed by atoms with Crippen LogP contribution in [0.5, 0.6) is 0 Å². The predicted octanol–water partition coefficient (Wildman–Crippen LogP) is 1.80. The highest BCUT2D eigenvalue weighted by atomic mass is 32.2. The molecule has 0 atom stereocenters. The first-order valence-corrected chi connectivity index (χ1v) is 9.10. The van der Waals surface area contributed by atoms with E-state index in [1.807, 2.05) is 11.0 Å². The van der Waals surface area contributed by atoms with Gasteiger partial charge < -0.3 is 10.2 Å². The molecule has 0 aliphatic heterocycles. The fourth-order valence-corrected chi connectivity index (χ4v) is 2.52. The molecule has 0 unspecified atom stereocenters. The lowest BCUT2D eigenvalue weighted by Crippen LogP contribution is -2.25. The molecule has 120 valence electrons. The molecule has 0 aromatic heterocycles. The zero-order valence-corrected chi connectivity index (χ0v) is 14.0. The highest BCUT2D eigenvalue weighted by molar-refractivity contribution is 7.90. The van der Waals surface area contributed by atoms with E-state index >= 15 is 0 Å². The van der Waals surface area contributed by atoms with Gasteiger partial charge in [0.25, 0.3) is 0 Å². The Morgan fingerprint density at radius 3 is 2.57 bits per heavy atom. The van der Waals surface area contributed by atoms with Crippen LogP contribution in [0.1, 0.15) is 25.0 Å². The summed E-state index contributed by atoms with van der Waals surface area (Å²) in [6.07, 6.45) is 1.21. The lowest BCUT2D eigenvalue weighted by Gasteiger charge is -2.17. The summed E-state index contributed by atoms with van der Waals surface area (Å²) in [6, 6.07) is 5.44. The lowest BCUT2D eigenvalue weighted by molar-refractivity contribution is 0.339. The number of hydrogen-bond acceptors (Lipinski definition) is 4. The Labute approximate surface area is 127 Å². The molecule has 1 aromatic rings. The van der Waals surface area contributed by atoms with Crippen LogP contribution in [0.25, 0.3) is 0 Å². The van der Waals surface area contributed by atoms with Gasteiger partial charge in [-0.1, -0.05) is 26.0 Å². The van der Waals surface area contributed by atoms with E-state index in [4.69, 9.17) is 0 Å². The predicted molar refractivity (Wildman–Crippen MR) is 84.4 cm³/mol. The van der Waals surface area contributed by atoms with Crippen molar-refractivity contribution in [2.45, 2.75) is 33.0 Å². The number of sulfone groups is 1. The molecule has 0 saturated carbocycles. The molecular formula is C15H25FN2O2S. The molecule has 0 aliphatic carbocycles. The average molecular weight is 316 g/mol. The second kappa shape index (κ2) is 7.87. The van der Waals surface area contributed by atoms with E-state index in [-0.39, 0.29) is 11.6 Å². The Morgan fingerprint density at radius 2 is 2.00 bits per heavy atom. The third-order valence-electron chi connectivity index (χ3n) is 3.11. The smallest absolute Gasteiger partial charge is 0.148 e. The van der Waals surface area contributed by atoms with Crippen molar-refractivity contribution in [1.82, 2.24) is 10.2 Å². The fraction of sp³-hybridized carbons (Fsp3) is 0.600. The highest BCUT2D eigenvalue weighted by Gasteiger charge is 2.10. The molecule has 4 nitrogen and oxygen atoms in total. The average Bonchev–Trinajstić information content (AvgIpc) is 2.36. The molecule has 0 saturated heterocycles. The Kier molecular flexibility index (Phi) is 6.77. The molecule has 0 fully saturated rings. The first-order chi connectivity index (χ1) is 9.67. The third kappa shape index (κ3) is 7.55. The number of benzene rings is 1. The van der Waals surface area contributed by atoms with Crippen molar-refractivity contribution in [2.24, 2.45) is 0 Å². The van der Waals surface area contributed by atoms with E-state index in [1.54, 1.807) is 13.1 Å². The van der Waals surface area contributed by atoms with Crippen molar-refractivity contribution in [3.05, 3.63) is 35.1 Å². The summed E-state index contributed by atoms with van der Waals surface area (Å²) in [4.78, 5) is 1.82. The minimum Gasteiger partial charge on any atom is -0.310 e. The summed E-state index contributed by atoms with van der Waals surface area (Å²) >= 11 is 0. The van der Waals surface area contributed by atoms with E-state index < -0.39 is 9.84 Å². The molecule has 6 heteroatoms. The normalized spacial score (nSPS) is 12.3. The maximum absolute atomic E-state index is 13.8. The number of rotatable bonds is 8. The molecule has 21 heavy (non-hydrogen) atoms. The van der Waals surface area contributed by atoms with Gasteiger partial charge in [-0.2, -0.15) is 0 Å². The first-order valence-electron chi connectivity index (χ1n) is 7.04. The second-order valence-electron chi connectivity index (χ2n) is 5.83. The van der Waals surface area contributed by atoms with Crippen LogP contribution in [0.4, 0.5) is 4.39 Å². The van der Waals surface area contributed by atoms with Gasteiger partial charge in [0, 0.05) is 37.5 Å². The molecular weight excluding hydrogens is 291 g/mol. The summed E-state index contributed by atoms with van der Waals surface area (Å²) in [6.45, 7) is 5.61. The van der Waals surface area contributed by atoms with E-state index in [1.165, 1.54) is 12.3 Å². The molecule has 0 radical (unpaired) electrons. The highest BCUT2D eigenvalue weighted by Crippen LogP contribution is 2.13. The minimum atomic E-state index is -2.99. The van der Waals surface area contributed by atoms with Crippen LogP contribution in [0.15, 0.2) is 18.2 Å². The van der Waals surface area contributed by atoms with Crippen molar-refractivity contribution in [2.75, 3.05) is 25.6 Å². The molecule has 0 amide bonds. The number of nitrogens with zero attached hydrogens (tertiary/aromatic N) is 1. The summed E-state index contributed by atoms with van der Waals surface area (Å²) in [5.74, 6) is -0.172. The topological polar surface area (TPSA) is 49.4 Å². The van der Waals surface area contributed by atoms with Crippen LogP contribution in [-0.4, -0.2) is 45.0 Å². The van der Waals surface area contributed by atoms with Crippen LogP contribution >= 0.6 is 0 Å². The zero-order valence-electron chi connectivity index (χ0n) is 13.2. The van der Waals surface area contributed by atoms with Crippen LogP contribution < -0.4 is 5.32 Å². The van der Waals surface area contributed by atoms with Gasteiger partial charge in [-0.3, -0.25) is 0 Å². The maximum atomic E-state index is 13.8. The lowest BCUT2D eigenvalue weighted by atomic mass is 10.1. The summed E-state index contributed by atoms with van der Waals surface area (Å²) < 4.78 is 36.1. The van der Waals surface area contributed by atoms with Gasteiger partial charge in [0.1, 0.15) is 15.7 Å². The van der Waals surface area contributed by atoms with Gasteiger partial charge in [0.05, 0.1) is 5.75 Å². The van der Waals surface area contributed by atoms with Gasteiger partial charge in [-0.05, 0) is 18.7 Å². The van der Waals surface area contributed by atoms with Crippen molar-refractivity contribution >= 4 is 9.84 Å². The first kappa shape index (κ1) is 18.1. The molecule has 1 rings (SSSR count). The van der Waals surface area contributed by atoms with Crippen LogP contribution in [0.2, 0.25) is 0 Å². The number of hydrogen-bond donors (Lipinski definition) is 1. The Balaban J connectivity index is 2.66. The van der Waals surface area contributed by atoms with Crippen molar-refractivity contribution in [3.63, 3.8) is 0 Å². The fourth-order valence-electron chi connectivity index (χ4n) is 1.87. The van der Waals surface area contributed by atoms with Crippen molar-refractivity contribution < 1.29 is 12.8 Å². The van der Waals surface area contributed by atoms with Gasteiger partial charge in [-0.15, -0.1) is 0 Å². The minimum absolute atomic E-state index is 0.0831. The van der Waals surface area contributed by atoms with Gasteiger partial charge >= 0.3 is 0 Å². The van der Waals surface area contributed by atoms with Crippen LogP contribution in [0.3, 0.4) is 0 Å². The van der Waals surface area contributed by atoms with E-state index in [0.717, 1.165) is 5.56 Å². The largest absolute Gasteiger partial charge is 0.310 e.